The van der Waals surface area contributed by atoms with E-state index >= 15 is 0 Å². The lowest BCUT2D eigenvalue weighted by atomic mass is 9.82. The van der Waals surface area contributed by atoms with Crippen LogP contribution in [0, 0.1) is 0 Å². The molecular formula is C17H18ClNO2. The topological polar surface area (TPSA) is 41.7 Å². The summed E-state index contributed by atoms with van der Waals surface area (Å²) in [5.41, 5.74) is 2.33. The van der Waals surface area contributed by atoms with Crippen molar-refractivity contribution in [1.82, 2.24) is 0 Å². The van der Waals surface area contributed by atoms with Gasteiger partial charge in [0, 0.05) is 5.56 Å². The van der Waals surface area contributed by atoms with Gasteiger partial charge in [0.2, 0.25) is 0 Å². The van der Waals surface area contributed by atoms with Gasteiger partial charge in [-0.1, -0.05) is 60.7 Å². The Bertz CT molecular complexity index is 588. The van der Waals surface area contributed by atoms with Crippen molar-refractivity contribution in [2.45, 2.75) is 18.5 Å². The summed E-state index contributed by atoms with van der Waals surface area (Å²) in [7, 11) is 0. The third-order valence-corrected chi connectivity index (χ3v) is 4.09. The number of halogens is 1. The van der Waals surface area contributed by atoms with E-state index in [0.29, 0.717) is 0 Å². The van der Waals surface area contributed by atoms with Gasteiger partial charge in [-0.05, 0) is 5.56 Å². The van der Waals surface area contributed by atoms with Crippen LogP contribution in [-0.2, 0) is 11.3 Å². The molecule has 4 heteroatoms. The molecule has 1 aliphatic rings. The van der Waals surface area contributed by atoms with E-state index in [2.05, 4.69) is 12.1 Å². The summed E-state index contributed by atoms with van der Waals surface area (Å²) < 4.78 is 0. The number of aliphatic carboxylic acids is 1. The summed E-state index contributed by atoms with van der Waals surface area (Å²) in [5.74, 6) is -0.566. The molecular weight excluding hydrogens is 286 g/mol. The van der Waals surface area contributed by atoms with Crippen LogP contribution in [0.25, 0.3) is 0 Å². The zero-order valence-electron chi connectivity index (χ0n) is 11.6. The van der Waals surface area contributed by atoms with Crippen LogP contribution in [0.2, 0.25) is 0 Å². The highest BCUT2D eigenvalue weighted by molar-refractivity contribution is 5.74. The fourth-order valence-corrected chi connectivity index (χ4v) is 3.05. The van der Waals surface area contributed by atoms with Gasteiger partial charge in [0.15, 0.2) is 6.04 Å². The minimum Gasteiger partial charge on any atom is -1.00 e. The van der Waals surface area contributed by atoms with Gasteiger partial charge in [0.1, 0.15) is 6.54 Å². The Labute approximate surface area is 130 Å². The Morgan fingerprint density at radius 2 is 1.62 bits per heavy atom. The molecule has 1 aliphatic heterocycles. The lowest BCUT2D eigenvalue weighted by molar-refractivity contribution is -0.974. The van der Waals surface area contributed by atoms with Crippen LogP contribution in [0.4, 0.5) is 0 Å². The second-order valence-corrected chi connectivity index (χ2v) is 5.36. The minimum atomic E-state index is -0.698. The Kier molecular flexibility index (Phi) is 4.99. The van der Waals surface area contributed by atoms with Gasteiger partial charge in [0.05, 0.1) is 12.5 Å². The first-order valence-electron chi connectivity index (χ1n) is 6.92. The Hall–Kier alpha value is -1.84. The van der Waals surface area contributed by atoms with Gasteiger partial charge in [-0.2, -0.15) is 0 Å². The number of carbonyl (C=O) groups is 1. The summed E-state index contributed by atoms with van der Waals surface area (Å²) in [6, 6.07) is 19.7. The van der Waals surface area contributed by atoms with Crippen molar-refractivity contribution in [2.24, 2.45) is 0 Å². The summed E-state index contributed by atoms with van der Waals surface area (Å²) >= 11 is 0. The molecule has 0 aliphatic carbocycles. The van der Waals surface area contributed by atoms with Crippen molar-refractivity contribution >= 4 is 5.97 Å². The number of quaternary nitrogens is 1. The van der Waals surface area contributed by atoms with Crippen molar-refractivity contribution in [3.63, 3.8) is 0 Å². The molecule has 3 rings (SSSR count). The van der Waals surface area contributed by atoms with E-state index in [-0.39, 0.29) is 24.4 Å². The molecule has 1 saturated heterocycles. The fourth-order valence-electron chi connectivity index (χ4n) is 3.05. The molecule has 21 heavy (non-hydrogen) atoms. The van der Waals surface area contributed by atoms with Crippen LogP contribution >= 0.6 is 0 Å². The van der Waals surface area contributed by atoms with Gasteiger partial charge in [-0.3, -0.25) is 0 Å². The molecule has 1 heterocycles. The number of benzene rings is 2. The summed E-state index contributed by atoms with van der Waals surface area (Å²) in [6.45, 7) is 1.66. The second kappa shape index (κ2) is 6.74. The molecule has 3 atom stereocenters. The smallest absolute Gasteiger partial charge is 0.363 e. The van der Waals surface area contributed by atoms with Crippen molar-refractivity contribution in [1.29, 1.82) is 0 Å². The molecule has 0 saturated carbocycles. The van der Waals surface area contributed by atoms with Gasteiger partial charge in [0.25, 0.3) is 0 Å². The first-order valence-corrected chi connectivity index (χ1v) is 6.92. The normalized spacial score (nSPS) is 23.7. The molecule has 2 aromatic carbocycles. The van der Waals surface area contributed by atoms with Crippen LogP contribution in [0.15, 0.2) is 60.7 Å². The van der Waals surface area contributed by atoms with Crippen molar-refractivity contribution in [3.8, 4) is 0 Å². The largest absolute Gasteiger partial charge is 1.00 e. The van der Waals surface area contributed by atoms with Gasteiger partial charge in [-0.25, -0.2) is 4.79 Å². The predicted molar refractivity (Wildman–Crippen MR) is 76.6 cm³/mol. The van der Waals surface area contributed by atoms with Gasteiger partial charge < -0.3 is 22.4 Å². The van der Waals surface area contributed by atoms with Crippen molar-refractivity contribution < 1.29 is 27.2 Å². The van der Waals surface area contributed by atoms with E-state index in [4.69, 9.17) is 0 Å². The summed E-state index contributed by atoms with van der Waals surface area (Å²) in [4.78, 5) is 12.7. The van der Waals surface area contributed by atoms with Crippen LogP contribution < -0.4 is 17.3 Å². The third-order valence-electron chi connectivity index (χ3n) is 4.09. The zero-order chi connectivity index (χ0) is 13.9. The highest BCUT2D eigenvalue weighted by Crippen LogP contribution is 2.23. The molecule has 2 aromatic rings. The zero-order valence-corrected chi connectivity index (χ0v) is 12.3. The SMILES string of the molecule is O=C(O)[C@H]1[C@H](c2ccccc2)C[NH+]1Cc1ccccc1.[Cl-]. The summed E-state index contributed by atoms with van der Waals surface area (Å²) in [6.07, 6.45) is 0. The van der Waals surface area contributed by atoms with E-state index < -0.39 is 5.97 Å². The maximum atomic E-state index is 11.5. The lowest BCUT2D eigenvalue weighted by Crippen LogP contribution is -3.23. The Morgan fingerprint density at radius 3 is 2.19 bits per heavy atom. The third kappa shape index (κ3) is 3.26. The maximum absolute atomic E-state index is 11.5. The quantitative estimate of drug-likeness (QED) is 0.709. The number of carboxylic acid groups (broad SMARTS) is 1. The van der Waals surface area contributed by atoms with Crippen molar-refractivity contribution in [3.05, 3.63) is 71.8 Å². The number of rotatable bonds is 4. The van der Waals surface area contributed by atoms with Crippen LogP contribution in [0.5, 0.6) is 0 Å². The molecule has 1 unspecified atom stereocenters. The molecule has 0 aromatic heterocycles. The van der Waals surface area contributed by atoms with E-state index in [0.717, 1.165) is 23.6 Å². The Balaban J connectivity index is 0.00000161. The monoisotopic (exact) mass is 303 g/mol. The highest BCUT2D eigenvalue weighted by Gasteiger charge is 2.49. The van der Waals surface area contributed by atoms with E-state index in [9.17, 15) is 9.90 Å². The molecule has 110 valence electrons. The average Bonchev–Trinajstić information content (AvgIpc) is 2.44. The lowest BCUT2D eigenvalue weighted by Gasteiger charge is -2.41. The van der Waals surface area contributed by atoms with E-state index in [1.54, 1.807) is 0 Å². The van der Waals surface area contributed by atoms with Gasteiger partial charge >= 0.3 is 5.97 Å². The standard InChI is InChI=1S/C17H17NO2.ClH/c19-17(20)16-15(14-9-5-2-6-10-14)12-18(16)11-13-7-3-1-4-8-13;/h1-10,15-16H,11-12H2,(H,19,20);1H/t15-,16+;/m0./s1. The number of hydrogen-bond acceptors (Lipinski definition) is 1. The second-order valence-electron chi connectivity index (χ2n) is 5.36. The molecule has 1 fully saturated rings. The van der Waals surface area contributed by atoms with Crippen LogP contribution in [-0.4, -0.2) is 23.7 Å². The number of carboxylic acids is 1. The number of likely N-dealkylation sites (tertiary alicyclic amines) is 1. The number of hydrogen-bond donors (Lipinski definition) is 2. The van der Waals surface area contributed by atoms with Crippen LogP contribution in [0.1, 0.15) is 17.0 Å². The predicted octanol–water partition coefficient (Wildman–Crippen LogP) is -1.67. The highest BCUT2D eigenvalue weighted by atomic mass is 35.5. The molecule has 3 nitrogen and oxygen atoms in total. The first kappa shape index (κ1) is 15.5. The first-order chi connectivity index (χ1) is 9.75. The van der Waals surface area contributed by atoms with Gasteiger partial charge in [-0.15, -0.1) is 0 Å². The molecule has 2 N–H and O–H groups in total. The molecule has 0 amide bonds. The van der Waals surface area contributed by atoms with Crippen molar-refractivity contribution in [2.75, 3.05) is 6.54 Å². The minimum absolute atomic E-state index is 0. The van der Waals surface area contributed by atoms with E-state index in [1.165, 1.54) is 5.56 Å². The molecule has 0 bridgehead atoms. The molecule has 0 radical (unpaired) electrons. The molecule has 0 spiro atoms. The van der Waals surface area contributed by atoms with E-state index in [1.807, 2.05) is 48.5 Å². The summed E-state index contributed by atoms with van der Waals surface area (Å²) in [5, 5.41) is 9.49. The van der Waals surface area contributed by atoms with Crippen LogP contribution in [0.3, 0.4) is 0 Å². The fraction of sp³-hybridized carbons (Fsp3) is 0.235. The Morgan fingerprint density at radius 1 is 1.05 bits per heavy atom. The number of nitrogens with one attached hydrogen (secondary N) is 1. The maximum Gasteiger partial charge on any atom is 0.363 e. The average molecular weight is 304 g/mol.